The molecule has 1 aliphatic heterocycles. The predicted molar refractivity (Wildman–Crippen MR) is 84.3 cm³/mol. The first-order valence-corrected chi connectivity index (χ1v) is 7.95. The zero-order valence-electron chi connectivity index (χ0n) is 14.4. The number of carbonyl (C=O) groups excluding carboxylic acids is 1. The maximum atomic E-state index is 12.1. The van der Waals surface area contributed by atoms with Gasteiger partial charge in [-0.15, -0.1) is 0 Å². The average molecular weight is 300 g/mol. The molecule has 21 heavy (non-hydrogen) atoms. The lowest BCUT2D eigenvalue weighted by Crippen LogP contribution is -2.49. The molecule has 0 saturated carbocycles. The van der Waals surface area contributed by atoms with Gasteiger partial charge in [0.05, 0.1) is 5.60 Å². The van der Waals surface area contributed by atoms with Gasteiger partial charge in [0.1, 0.15) is 5.60 Å². The first kappa shape index (κ1) is 18.2. The predicted octanol–water partition coefficient (Wildman–Crippen LogP) is 2.53. The van der Waals surface area contributed by atoms with Crippen LogP contribution < -0.4 is 5.32 Å². The summed E-state index contributed by atoms with van der Waals surface area (Å²) in [6, 6.07) is 0.356. The van der Waals surface area contributed by atoms with Gasteiger partial charge in [-0.1, -0.05) is 0 Å². The van der Waals surface area contributed by atoms with Crippen molar-refractivity contribution in [3.8, 4) is 0 Å². The number of hydrogen-bond acceptors (Lipinski definition) is 4. The third kappa shape index (κ3) is 6.66. The molecule has 0 aromatic carbocycles. The molecule has 5 heteroatoms. The van der Waals surface area contributed by atoms with Crippen LogP contribution >= 0.6 is 0 Å². The molecule has 0 aromatic rings. The van der Waals surface area contributed by atoms with E-state index in [1.54, 1.807) is 4.90 Å². The summed E-state index contributed by atoms with van der Waals surface area (Å²) in [7, 11) is 0. The second kappa shape index (κ2) is 6.97. The Hall–Kier alpha value is -0.810. The third-order valence-electron chi connectivity index (χ3n) is 3.93. The molecule has 2 unspecified atom stereocenters. The Balaban J connectivity index is 2.49. The molecule has 1 heterocycles. The molecular formula is C16H32N2O3. The summed E-state index contributed by atoms with van der Waals surface area (Å²) in [5.41, 5.74) is -1.19. The van der Waals surface area contributed by atoms with Crippen LogP contribution in [0.25, 0.3) is 0 Å². The van der Waals surface area contributed by atoms with Crippen LogP contribution in [-0.2, 0) is 4.74 Å². The monoisotopic (exact) mass is 300 g/mol. The van der Waals surface area contributed by atoms with E-state index in [9.17, 15) is 9.90 Å². The van der Waals surface area contributed by atoms with Gasteiger partial charge in [0.2, 0.25) is 0 Å². The largest absolute Gasteiger partial charge is 0.444 e. The zero-order valence-corrected chi connectivity index (χ0v) is 14.4. The Morgan fingerprint density at radius 2 is 1.86 bits per heavy atom. The van der Waals surface area contributed by atoms with Crippen LogP contribution in [0.5, 0.6) is 0 Å². The molecule has 0 aliphatic carbocycles. The lowest BCUT2D eigenvalue weighted by Gasteiger charge is -2.31. The summed E-state index contributed by atoms with van der Waals surface area (Å²) < 4.78 is 5.43. The molecule has 1 rings (SSSR count). The quantitative estimate of drug-likeness (QED) is 0.841. The Labute approximate surface area is 129 Å². The van der Waals surface area contributed by atoms with E-state index in [0.717, 1.165) is 25.8 Å². The smallest absolute Gasteiger partial charge is 0.410 e. The molecule has 2 atom stereocenters. The molecule has 2 N–H and O–H groups in total. The number of likely N-dealkylation sites (tertiary alicyclic amines) is 1. The molecular weight excluding hydrogens is 268 g/mol. The highest BCUT2D eigenvalue weighted by Gasteiger charge is 2.28. The lowest BCUT2D eigenvalue weighted by atomic mass is 9.98. The minimum atomic E-state index is -0.739. The summed E-state index contributed by atoms with van der Waals surface area (Å²) >= 11 is 0. The van der Waals surface area contributed by atoms with Crippen molar-refractivity contribution in [3.05, 3.63) is 0 Å². The van der Waals surface area contributed by atoms with E-state index in [-0.39, 0.29) is 12.1 Å². The molecule has 1 amide bonds. The summed E-state index contributed by atoms with van der Waals surface area (Å²) in [5, 5.41) is 13.5. The van der Waals surface area contributed by atoms with Gasteiger partial charge in [0.25, 0.3) is 0 Å². The SMILES string of the molecule is CC(NC1CCCN(C(=O)OC(C)(C)C)CC1)C(C)(C)O. The molecule has 1 aliphatic rings. The van der Waals surface area contributed by atoms with Gasteiger partial charge in [-0.05, 0) is 60.8 Å². The van der Waals surface area contributed by atoms with Crippen LogP contribution in [-0.4, -0.2) is 52.5 Å². The van der Waals surface area contributed by atoms with Crippen molar-refractivity contribution in [2.75, 3.05) is 13.1 Å². The highest BCUT2D eigenvalue weighted by atomic mass is 16.6. The molecule has 0 spiro atoms. The van der Waals surface area contributed by atoms with Crippen molar-refractivity contribution in [1.29, 1.82) is 0 Å². The summed E-state index contributed by atoms with van der Waals surface area (Å²) in [5.74, 6) is 0. The van der Waals surface area contributed by atoms with Crippen LogP contribution in [0.2, 0.25) is 0 Å². The highest BCUT2D eigenvalue weighted by molar-refractivity contribution is 5.68. The van der Waals surface area contributed by atoms with Crippen LogP contribution in [0.4, 0.5) is 4.79 Å². The van der Waals surface area contributed by atoms with Gasteiger partial charge in [0.15, 0.2) is 0 Å². The number of nitrogens with zero attached hydrogens (tertiary/aromatic N) is 1. The number of amides is 1. The first-order chi connectivity index (χ1) is 9.49. The Bertz CT molecular complexity index is 344. The first-order valence-electron chi connectivity index (χ1n) is 7.95. The molecule has 0 radical (unpaired) electrons. The fourth-order valence-electron chi connectivity index (χ4n) is 2.33. The van der Waals surface area contributed by atoms with Crippen molar-refractivity contribution < 1.29 is 14.6 Å². The number of nitrogens with one attached hydrogen (secondary N) is 1. The molecule has 0 bridgehead atoms. The minimum absolute atomic E-state index is 0.0237. The lowest BCUT2D eigenvalue weighted by molar-refractivity contribution is 0.0249. The van der Waals surface area contributed by atoms with E-state index in [0.29, 0.717) is 12.6 Å². The third-order valence-corrected chi connectivity index (χ3v) is 3.93. The van der Waals surface area contributed by atoms with Crippen LogP contribution in [0.1, 0.15) is 60.8 Å². The normalized spacial score (nSPS) is 22.6. The van der Waals surface area contributed by atoms with Crippen LogP contribution in [0.3, 0.4) is 0 Å². The number of aliphatic hydroxyl groups is 1. The van der Waals surface area contributed by atoms with E-state index in [4.69, 9.17) is 4.74 Å². The summed E-state index contributed by atoms with van der Waals surface area (Å²) in [6.07, 6.45) is 2.63. The van der Waals surface area contributed by atoms with Gasteiger partial charge in [-0.3, -0.25) is 0 Å². The Morgan fingerprint density at radius 3 is 2.38 bits per heavy atom. The topological polar surface area (TPSA) is 61.8 Å². The maximum absolute atomic E-state index is 12.1. The molecule has 0 aromatic heterocycles. The zero-order chi connectivity index (χ0) is 16.3. The van der Waals surface area contributed by atoms with E-state index in [1.807, 2.05) is 41.5 Å². The van der Waals surface area contributed by atoms with E-state index < -0.39 is 11.2 Å². The number of carbonyl (C=O) groups is 1. The molecule has 1 saturated heterocycles. The molecule has 5 nitrogen and oxygen atoms in total. The standard InChI is InChI=1S/C16H32N2O3/c1-12(16(5,6)20)17-13-8-7-10-18(11-9-13)14(19)21-15(2,3)4/h12-13,17,20H,7-11H2,1-6H3. The van der Waals surface area contributed by atoms with Crippen molar-refractivity contribution in [2.45, 2.75) is 84.1 Å². The molecule has 124 valence electrons. The second-order valence-electron chi connectivity index (χ2n) is 7.64. The number of rotatable bonds is 3. The number of ether oxygens (including phenoxy) is 1. The summed E-state index contributed by atoms with van der Waals surface area (Å²) in [4.78, 5) is 13.9. The Kier molecular flexibility index (Phi) is 6.05. The van der Waals surface area contributed by atoms with Crippen molar-refractivity contribution in [1.82, 2.24) is 10.2 Å². The van der Waals surface area contributed by atoms with E-state index in [2.05, 4.69) is 5.32 Å². The summed E-state index contributed by atoms with van der Waals surface area (Å²) in [6.45, 7) is 12.7. The van der Waals surface area contributed by atoms with Crippen molar-refractivity contribution >= 4 is 6.09 Å². The van der Waals surface area contributed by atoms with Gasteiger partial charge < -0.3 is 20.1 Å². The fraction of sp³-hybridized carbons (Fsp3) is 0.938. The highest BCUT2D eigenvalue weighted by Crippen LogP contribution is 2.17. The van der Waals surface area contributed by atoms with E-state index >= 15 is 0 Å². The van der Waals surface area contributed by atoms with Gasteiger partial charge in [-0.2, -0.15) is 0 Å². The van der Waals surface area contributed by atoms with Crippen molar-refractivity contribution in [3.63, 3.8) is 0 Å². The average Bonchev–Trinajstić information content (AvgIpc) is 2.51. The van der Waals surface area contributed by atoms with Gasteiger partial charge >= 0.3 is 6.09 Å². The van der Waals surface area contributed by atoms with Crippen LogP contribution in [0.15, 0.2) is 0 Å². The van der Waals surface area contributed by atoms with Crippen molar-refractivity contribution in [2.24, 2.45) is 0 Å². The minimum Gasteiger partial charge on any atom is -0.444 e. The van der Waals surface area contributed by atoms with Crippen LogP contribution in [0, 0.1) is 0 Å². The molecule has 1 fully saturated rings. The Morgan fingerprint density at radius 1 is 1.24 bits per heavy atom. The van der Waals surface area contributed by atoms with Gasteiger partial charge in [0, 0.05) is 25.2 Å². The number of hydrogen-bond donors (Lipinski definition) is 2. The fourth-order valence-corrected chi connectivity index (χ4v) is 2.33. The second-order valence-corrected chi connectivity index (χ2v) is 7.64. The van der Waals surface area contributed by atoms with E-state index in [1.165, 1.54) is 0 Å². The van der Waals surface area contributed by atoms with Gasteiger partial charge in [-0.25, -0.2) is 4.79 Å². The maximum Gasteiger partial charge on any atom is 0.410 e.